The first-order valence-electron chi connectivity index (χ1n) is 10.5. The smallest absolute Gasteiger partial charge is 0.223 e. The molecule has 1 atom stereocenters. The Labute approximate surface area is 201 Å². The summed E-state index contributed by atoms with van der Waals surface area (Å²) in [5, 5.41) is 8.79. The van der Waals surface area contributed by atoms with Crippen molar-refractivity contribution < 1.29 is 4.79 Å². The predicted molar refractivity (Wildman–Crippen MR) is 137 cm³/mol. The Bertz CT molecular complexity index is 784. The molecule has 1 aliphatic rings. The highest BCUT2D eigenvalue weighted by Gasteiger charge is 2.22. The fraction of sp³-hybridized carbons (Fsp3) is 0.478. The second kappa shape index (κ2) is 12.9. The molecule has 0 fully saturated rings. The van der Waals surface area contributed by atoms with Crippen molar-refractivity contribution in [2.45, 2.75) is 46.2 Å². The van der Waals surface area contributed by atoms with E-state index in [1.807, 2.05) is 17.0 Å². The van der Waals surface area contributed by atoms with Crippen LogP contribution in [-0.4, -0.2) is 36.4 Å². The number of benzene rings is 1. The minimum atomic E-state index is 0. The molecular formula is C23H33IN4OS. The number of fused-ring (bicyclic) bond motifs is 1. The van der Waals surface area contributed by atoms with Gasteiger partial charge in [0.05, 0.1) is 0 Å². The number of guanidine groups is 1. The SMILES string of the molecule is CCNC(=NCC(C)Cc1cccs1)NCCCC(=O)N1Cc2ccccc2C1.I. The minimum absolute atomic E-state index is 0. The van der Waals surface area contributed by atoms with Crippen molar-refractivity contribution in [2.75, 3.05) is 19.6 Å². The molecule has 1 unspecified atom stereocenters. The van der Waals surface area contributed by atoms with Crippen molar-refractivity contribution in [3.05, 3.63) is 57.8 Å². The van der Waals surface area contributed by atoms with Crippen molar-refractivity contribution in [1.29, 1.82) is 0 Å². The summed E-state index contributed by atoms with van der Waals surface area (Å²) in [5.74, 6) is 1.57. The molecule has 30 heavy (non-hydrogen) atoms. The molecular weight excluding hydrogens is 507 g/mol. The highest BCUT2D eigenvalue weighted by atomic mass is 127. The topological polar surface area (TPSA) is 56.7 Å². The Balaban J connectivity index is 0.00000320. The predicted octanol–water partition coefficient (Wildman–Crippen LogP) is 4.42. The van der Waals surface area contributed by atoms with Crippen molar-refractivity contribution in [2.24, 2.45) is 10.9 Å². The third kappa shape index (κ3) is 7.58. The molecule has 1 amide bonds. The van der Waals surface area contributed by atoms with Crippen LogP contribution in [0.15, 0.2) is 46.8 Å². The standard InChI is InChI=1S/C23H32N4OS.HI/c1-3-24-23(26-15-18(2)14-21-10-7-13-29-21)25-12-6-11-22(28)27-16-19-8-4-5-9-20(19)17-27;/h4-5,7-10,13,18H,3,6,11-12,14-17H2,1-2H3,(H2,24,25,26);1H. The number of hydrogen-bond acceptors (Lipinski definition) is 3. The molecule has 1 aromatic heterocycles. The number of carbonyl (C=O) groups excluding carboxylic acids is 1. The number of thiophene rings is 1. The average molecular weight is 541 g/mol. The van der Waals surface area contributed by atoms with E-state index in [0.29, 0.717) is 12.3 Å². The summed E-state index contributed by atoms with van der Waals surface area (Å²) in [6.45, 7) is 8.16. The van der Waals surface area contributed by atoms with E-state index in [0.717, 1.165) is 51.5 Å². The lowest BCUT2D eigenvalue weighted by molar-refractivity contribution is -0.131. The third-order valence-corrected chi connectivity index (χ3v) is 5.99. The lowest BCUT2D eigenvalue weighted by Gasteiger charge is -2.16. The summed E-state index contributed by atoms with van der Waals surface area (Å²) in [6.07, 6.45) is 2.43. The van der Waals surface area contributed by atoms with Crippen LogP contribution >= 0.6 is 35.3 Å². The molecule has 0 spiro atoms. The van der Waals surface area contributed by atoms with Gasteiger partial charge in [0.15, 0.2) is 5.96 Å². The second-order valence-electron chi connectivity index (χ2n) is 7.66. The van der Waals surface area contributed by atoms with Gasteiger partial charge in [-0.05, 0) is 48.3 Å². The summed E-state index contributed by atoms with van der Waals surface area (Å²) >= 11 is 1.81. The second-order valence-corrected chi connectivity index (χ2v) is 8.69. The summed E-state index contributed by atoms with van der Waals surface area (Å²) in [7, 11) is 0. The Morgan fingerprint density at radius 3 is 2.53 bits per heavy atom. The van der Waals surface area contributed by atoms with Crippen molar-refractivity contribution in [1.82, 2.24) is 15.5 Å². The Morgan fingerprint density at radius 1 is 1.17 bits per heavy atom. The van der Waals surface area contributed by atoms with Gasteiger partial charge in [-0.3, -0.25) is 9.79 Å². The zero-order chi connectivity index (χ0) is 20.5. The molecule has 2 aromatic rings. The van der Waals surface area contributed by atoms with Crippen LogP contribution in [0.1, 0.15) is 42.7 Å². The van der Waals surface area contributed by atoms with E-state index >= 15 is 0 Å². The van der Waals surface area contributed by atoms with E-state index < -0.39 is 0 Å². The van der Waals surface area contributed by atoms with E-state index in [1.165, 1.54) is 16.0 Å². The maximum absolute atomic E-state index is 12.5. The molecule has 5 nitrogen and oxygen atoms in total. The lowest BCUT2D eigenvalue weighted by atomic mass is 10.1. The molecule has 7 heteroatoms. The zero-order valence-corrected chi connectivity index (χ0v) is 21.0. The molecule has 2 N–H and O–H groups in total. The van der Waals surface area contributed by atoms with Crippen LogP contribution in [0.25, 0.3) is 0 Å². The third-order valence-electron chi connectivity index (χ3n) is 5.09. The maximum Gasteiger partial charge on any atom is 0.223 e. The maximum atomic E-state index is 12.5. The summed E-state index contributed by atoms with van der Waals surface area (Å²) in [6, 6.07) is 12.6. The van der Waals surface area contributed by atoms with Crippen molar-refractivity contribution in [3.63, 3.8) is 0 Å². The molecule has 0 bridgehead atoms. The van der Waals surface area contributed by atoms with Crippen LogP contribution in [0.3, 0.4) is 0 Å². The van der Waals surface area contributed by atoms with E-state index in [9.17, 15) is 4.79 Å². The molecule has 0 saturated heterocycles. The number of halogens is 1. The number of carbonyl (C=O) groups is 1. The highest BCUT2D eigenvalue weighted by Crippen LogP contribution is 2.22. The van der Waals surface area contributed by atoms with Crippen LogP contribution in [0, 0.1) is 5.92 Å². The van der Waals surface area contributed by atoms with Gasteiger partial charge in [0, 0.05) is 44.0 Å². The van der Waals surface area contributed by atoms with E-state index in [2.05, 4.69) is 54.1 Å². The quantitative estimate of drug-likeness (QED) is 0.214. The first kappa shape index (κ1) is 24.7. The molecule has 0 saturated carbocycles. The van der Waals surface area contributed by atoms with Gasteiger partial charge in [0.2, 0.25) is 5.91 Å². The van der Waals surface area contributed by atoms with E-state index in [1.54, 1.807) is 11.3 Å². The number of hydrogen-bond donors (Lipinski definition) is 2. The van der Waals surface area contributed by atoms with Gasteiger partial charge in [-0.15, -0.1) is 35.3 Å². The van der Waals surface area contributed by atoms with Gasteiger partial charge in [-0.25, -0.2) is 0 Å². The van der Waals surface area contributed by atoms with Crippen LogP contribution in [0.5, 0.6) is 0 Å². The normalized spacial score (nSPS) is 14.1. The summed E-state index contributed by atoms with van der Waals surface area (Å²) in [4.78, 5) is 20.6. The number of amides is 1. The highest BCUT2D eigenvalue weighted by molar-refractivity contribution is 14.0. The number of nitrogens with zero attached hydrogens (tertiary/aromatic N) is 2. The summed E-state index contributed by atoms with van der Waals surface area (Å²) in [5.41, 5.74) is 2.55. The molecule has 0 aliphatic carbocycles. The van der Waals surface area contributed by atoms with E-state index in [-0.39, 0.29) is 29.9 Å². The minimum Gasteiger partial charge on any atom is -0.357 e. The first-order chi connectivity index (χ1) is 14.2. The summed E-state index contributed by atoms with van der Waals surface area (Å²) < 4.78 is 0. The zero-order valence-electron chi connectivity index (χ0n) is 17.9. The first-order valence-corrected chi connectivity index (χ1v) is 11.4. The van der Waals surface area contributed by atoms with Gasteiger partial charge >= 0.3 is 0 Å². The van der Waals surface area contributed by atoms with Gasteiger partial charge in [0.1, 0.15) is 0 Å². The Kier molecular flexibility index (Phi) is 10.6. The van der Waals surface area contributed by atoms with Crippen LogP contribution in [0.2, 0.25) is 0 Å². The van der Waals surface area contributed by atoms with E-state index in [4.69, 9.17) is 4.99 Å². The molecule has 164 valence electrons. The number of rotatable bonds is 9. The van der Waals surface area contributed by atoms with Gasteiger partial charge in [0.25, 0.3) is 0 Å². The van der Waals surface area contributed by atoms with Crippen molar-refractivity contribution in [3.8, 4) is 0 Å². The van der Waals surface area contributed by atoms with Gasteiger partial charge in [-0.2, -0.15) is 0 Å². The van der Waals surface area contributed by atoms with Gasteiger partial charge in [-0.1, -0.05) is 37.3 Å². The van der Waals surface area contributed by atoms with Crippen molar-refractivity contribution >= 4 is 47.2 Å². The largest absolute Gasteiger partial charge is 0.357 e. The fourth-order valence-corrected chi connectivity index (χ4v) is 4.41. The molecule has 1 aliphatic heterocycles. The molecule has 1 aromatic carbocycles. The monoisotopic (exact) mass is 540 g/mol. The number of nitrogens with one attached hydrogen (secondary N) is 2. The molecule has 0 radical (unpaired) electrons. The van der Waals surface area contributed by atoms with Crippen LogP contribution in [0.4, 0.5) is 0 Å². The average Bonchev–Trinajstić information content (AvgIpc) is 3.38. The van der Waals surface area contributed by atoms with Crippen LogP contribution < -0.4 is 10.6 Å². The fourth-order valence-electron chi connectivity index (χ4n) is 3.54. The Hall–Kier alpha value is -1.61. The lowest BCUT2D eigenvalue weighted by Crippen LogP contribution is -2.38. The Morgan fingerprint density at radius 2 is 1.90 bits per heavy atom. The molecule has 3 rings (SSSR count). The van der Waals surface area contributed by atoms with Crippen LogP contribution in [-0.2, 0) is 24.3 Å². The number of aliphatic imine (C=N–C) groups is 1. The molecule has 2 heterocycles. The van der Waals surface area contributed by atoms with Gasteiger partial charge < -0.3 is 15.5 Å².